The van der Waals surface area contributed by atoms with Crippen molar-refractivity contribution in [2.45, 2.75) is 89.5 Å². The average molecular weight is 424 g/mol. The molecule has 3 saturated heterocycles. The summed E-state index contributed by atoms with van der Waals surface area (Å²) in [5, 5.41) is 15.0. The lowest BCUT2D eigenvalue weighted by Gasteiger charge is -2.35. The number of nitrogens with zero attached hydrogens (tertiary/aromatic N) is 1. The van der Waals surface area contributed by atoms with Crippen molar-refractivity contribution in [1.82, 2.24) is 15.5 Å². The third kappa shape index (κ3) is 4.08. The van der Waals surface area contributed by atoms with E-state index >= 15 is 0 Å². The highest BCUT2D eigenvalue weighted by Gasteiger charge is 2.74. The molecule has 170 valence electrons. The maximum absolute atomic E-state index is 13.5. The molecule has 2 bridgehead atoms. The Balaban J connectivity index is 1.89. The van der Waals surface area contributed by atoms with Crippen LogP contribution in [-0.4, -0.2) is 70.7 Å². The molecule has 8 nitrogen and oxygen atoms in total. The van der Waals surface area contributed by atoms with Crippen LogP contribution in [0.5, 0.6) is 0 Å². The number of aliphatic hydroxyl groups excluding tert-OH is 1. The summed E-state index contributed by atoms with van der Waals surface area (Å²) in [5.41, 5.74) is -1.37. The molecule has 0 aromatic heterocycles. The van der Waals surface area contributed by atoms with Gasteiger partial charge in [-0.15, -0.1) is 0 Å². The number of hydrogen-bond acceptors (Lipinski definition) is 5. The molecule has 0 saturated carbocycles. The first-order chi connectivity index (χ1) is 14.2. The first-order valence-corrected chi connectivity index (χ1v) is 11.3. The number of unbranched alkanes of at least 4 members (excludes halogenated alkanes) is 2. The van der Waals surface area contributed by atoms with Crippen LogP contribution in [0.1, 0.15) is 66.2 Å². The largest absolute Gasteiger partial charge is 0.396 e. The van der Waals surface area contributed by atoms with Crippen molar-refractivity contribution in [3.05, 3.63) is 0 Å². The number of likely N-dealkylation sites (tertiary alicyclic amines) is 1. The van der Waals surface area contributed by atoms with Crippen LogP contribution in [0.25, 0.3) is 0 Å². The number of carbonyl (C=O) groups excluding carboxylic acids is 3. The third-order valence-corrected chi connectivity index (χ3v) is 6.46. The van der Waals surface area contributed by atoms with Crippen molar-refractivity contribution in [2.75, 3.05) is 19.7 Å². The molecular weight excluding hydrogens is 386 g/mol. The van der Waals surface area contributed by atoms with E-state index in [9.17, 15) is 14.4 Å². The topological polar surface area (TPSA) is 108 Å². The maximum Gasteiger partial charge on any atom is 0.246 e. The number of rotatable bonds is 9. The standard InChI is InChI=1S/C22H37N3O5/c1-5-11-23-18(27)15-14-9-10-22(30-14)16(15)20(29)25(12-7-6-8-13-26)17(22)19(28)24-21(2,3)4/h14-17,26H,5-13H2,1-4H3,(H,23,27)(H,24,28)/t14-,15+,16+,17?,22?/m1/s1. The van der Waals surface area contributed by atoms with Crippen molar-refractivity contribution < 1.29 is 24.2 Å². The van der Waals surface area contributed by atoms with Gasteiger partial charge in [-0.05, 0) is 59.3 Å². The summed E-state index contributed by atoms with van der Waals surface area (Å²) in [5.74, 6) is -1.64. The zero-order chi connectivity index (χ0) is 22.1. The van der Waals surface area contributed by atoms with Gasteiger partial charge >= 0.3 is 0 Å². The quantitative estimate of drug-likeness (QED) is 0.479. The number of hydrogen-bond donors (Lipinski definition) is 3. The molecule has 0 aromatic carbocycles. The summed E-state index contributed by atoms with van der Waals surface area (Å²) in [6.45, 7) is 8.83. The van der Waals surface area contributed by atoms with Crippen molar-refractivity contribution in [3.63, 3.8) is 0 Å². The lowest BCUT2D eigenvalue weighted by Crippen LogP contribution is -2.58. The molecule has 5 atom stereocenters. The number of aliphatic hydroxyl groups is 1. The Hall–Kier alpha value is -1.67. The van der Waals surface area contributed by atoms with E-state index in [-0.39, 0.29) is 30.4 Å². The number of carbonyl (C=O) groups is 3. The minimum absolute atomic E-state index is 0.110. The second-order valence-corrected chi connectivity index (χ2v) is 9.90. The van der Waals surface area contributed by atoms with Crippen LogP contribution in [-0.2, 0) is 19.1 Å². The fraction of sp³-hybridized carbons (Fsp3) is 0.864. The molecule has 0 radical (unpaired) electrons. The van der Waals surface area contributed by atoms with Gasteiger partial charge in [-0.1, -0.05) is 6.92 Å². The minimum atomic E-state index is -0.928. The third-order valence-electron chi connectivity index (χ3n) is 6.46. The number of ether oxygens (including phenoxy) is 1. The molecule has 30 heavy (non-hydrogen) atoms. The lowest BCUT2D eigenvalue weighted by atomic mass is 9.70. The van der Waals surface area contributed by atoms with Gasteiger partial charge in [0, 0.05) is 25.2 Å². The molecule has 0 aliphatic carbocycles. The summed E-state index contributed by atoms with van der Waals surface area (Å²) in [4.78, 5) is 41.4. The Bertz CT molecular complexity index is 676. The molecule has 3 rings (SSSR count). The van der Waals surface area contributed by atoms with Crippen LogP contribution in [0, 0.1) is 11.8 Å². The molecule has 3 amide bonds. The predicted octanol–water partition coefficient (Wildman–Crippen LogP) is 0.965. The van der Waals surface area contributed by atoms with E-state index in [1.165, 1.54) is 0 Å². The summed E-state index contributed by atoms with van der Waals surface area (Å²) in [7, 11) is 0. The minimum Gasteiger partial charge on any atom is -0.396 e. The van der Waals surface area contributed by atoms with Crippen LogP contribution < -0.4 is 10.6 Å². The van der Waals surface area contributed by atoms with Gasteiger partial charge in [0.15, 0.2) is 0 Å². The van der Waals surface area contributed by atoms with E-state index in [1.807, 2.05) is 27.7 Å². The molecule has 0 aromatic rings. The van der Waals surface area contributed by atoms with E-state index in [1.54, 1.807) is 4.90 Å². The van der Waals surface area contributed by atoms with Crippen molar-refractivity contribution in [1.29, 1.82) is 0 Å². The lowest BCUT2D eigenvalue weighted by molar-refractivity contribution is -0.142. The normalized spacial score (nSPS) is 32.4. The maximum atomic E-state index is 13.5. The number of fused-ring (bicyclic) bond motifs is 1. The summed E-state index contributed by atoms with van der Waals surface area (Å²) in [6, 6.07) is -0.725. The van der Waals surface area contributed by atoms with Crippen LogP contribution in [0.15, 0.2) is 0 Å². The first kappa shape index (κ1) is 23.0. The van der Waals surface area contributed by atoms with Crippen molar-refractivity contribution >= 4 is 17.7 Å². The Labute approximate surface area is 179 Å². The molecule has 3 heterocycles. The first-order valence-electron chi connectivity index (χ1n) is 11.3. The molecule has 3 fully saturated rings. The van der Waals surface area contributed by atoms with Crippen LogP contribution in [0.3, 0.4) is 0 Å². The molecule has 3 aliphatic rings. The van der Waals surface area contributed by atoms with Gasteiger partial charge in [0.05, 0.1) is 17.9 Å². The van der Waals surface area contributed by atoms with E-state index in [0.29, 0.717) is 38.8 Å². The SMILES string of the molecule is CCCNC(=O)[C@@H]1[C@H]2C(=O)N(CCCCCO)C(C(=O)NC(C)(C)C)C23CC[C@H]1O3. The Morgan fingerprint density at radius 2 is 1.97 bits per heavy atom. The van der Waals surface area contributed by atoms with E-state index < -0.39 is 29.0 Å². The molecule has 2 unspecified atom stereocenters. The fourth-order valence-corrected chi connectivity index (χ4v) is 5.37. The fourth-order valence-electron chi connectivity index (χ4n) is 5.37. The van der Waals surface area contributed by atoms with Crippen LogP contribution in [0.4, 0.5) is 0 Å². The van der Waals surface area contributed by atoms with Gasteiger partial charge in [0.1, 0.15) is 11.6 Å². The zero-order valence-electron chi connectivity index (χ0n) is 18.7. The molecular formula is C22H37N3O5. The monoisotopic (exact) mass is 423 g/mol. The second kappa shape index (κ2) is 8.83. The smallest absolute Gasteiger partial charge is 0.246 e. The van der Waals surface area contributed by atoms with E-state index in [4.69, 9.17) is 9.84 Å². The highest BCUT2D eigenvalue weighted by molar-refractivity contribution is 5.99. The van der Waals surface area contributed by atoms with Gasteiger partial charge in [-0.2, -0.15) is 0 Å². The van der Waals surface area contributed by atoms with Gasteiger partial charge < -0.3 is 25.4 Å². The molecule has 3 N–H and O–H groups in total. The van der Waals surface area contributed by atoms with Crippen LogP contribution >= 0.6 is 0 Å². The Morgan fingerprint density at radius 1 is 1.23 bits per heavy atom. The highest BCUT2D eigenvalue weighted by atomic mass is 16.5. The van der Waals surface area contributed by atoms with Crippen molar-refractivity contribution in [2.24, 2.45) is 11.8 Å². The molecule has 3 aliphatic heterocycles. The van der Waals surface area contributed by atoms with E-state index in [0.717, 1.165) is 12.8 Å². The van der Waals surface area contributed by atoms with Gasteiger partial charge in [-0.3, -0.25) is 14.4 Å². The molecule has 1 spiro atoms. The number of nitrogens with one attached hydrogen (secondary N) is 2. The van der Waals surface area contributed by atoms with Gasteiger partial charge in [0.25, 0.3) is 0 Å². The van der Waals surface area contributed by atoms with Crippen molar-refractivity contribution in [3.8, 4) is 0 Å². The summed E-state index contributed by atoms with van der Waals surface area (Å²) in [6.07, 6.45) is 3.95. The highest BCUT2D eigenvalue weighted by Crippen LogP contribution is 2.58. The van der Waals surface area contributed by atoms with Gasteiger partial charge in [-0.25, -0.2) is 0 Å². The number of amides is 3. The summed E-state index contributed by atoms with van der Waals surface area (Å²) < 4.78 is 6.35. The average Bonchev–Trinajstić information content (AvgIpc) is 3.29. The predicted molar refractivity (Wildman–Crippen MR) is 111 cm³/mol. The summed E-state index contributed by atoms with van der Waals surface area (Å²) >= 11 is 0. The molecule has 8 heteroatoms. The van der Waals surface area contributed by atoms with E-state index in [2.05, 4.69) is 10.6 Å². The Kier molecular flexibility index (Phi) is 6.77. The Morgan fingerprint density at radius 3 is 2.60 bits per heavy atom. The van der Waals surface area contributed by atoms with Crippen LogP contribution in [0.2, 0.25) is 0 Å². The van der Waals surface area contributed by atoms with Gasteiger partial charge in [0.2, 0.25) is 17.7 Å². The zero-order valence-corrected chi connectivity index (χ0v) is 18.7. The second-order valence-electron chi connectivity index (χ2n) is 9.90.